The van der Waals surface area contributed by atoms with Gasteiger partial charge in [0, 0.05) is 5.56 Å². The zero-order valence-electron chi connectivity index (χ0n) is 10.0. The smallest absolute Gasteiger partial charge is 0.467 e. The van der Waals surface area contributed by atoms with Crippen molar-refractivity contribution in [2.45, 2.75) is 18.6 Å². The van der Waals surface area contributed by atoms with E-state index in [9.17, 15) is 32.6 Å². The molecule has 0 aliphatic rings. The molecule has 1 aromatic rings. The number of rotatable bonds is 4. The van der Waals surface area contributed by atoms with Crippen LogP contribution in [0.3, 0.4) is 0 Å². The van der Waals surface area contributed by atoms with Gasteiger partial charge in [-0.15, -0.1) is 13.2 Å². The molecule has 20 heavy (non-hydrogen) atoms. The Morgan fingerprint density at radius 3 is 2.40 bits per heavy atom. The molecule has 2 N–H and O–H groups in total. The molecule has 0 aliphatic heterocycles. The van der Waals surface area contributed by atoms with Crippen LogP contribution in [0.1, 0.15) is 11.7 Å². The summed E-state index contributed by atoms with van der Waals surface area (Å²) < 4.78 is 57.1. The molecule has 0 fully saturated rings. The maximum Gasteiger partial charge on any atom is 0.573 e. The normalized spacial score (nSPS) is 14.6. The zero-order chi connectivity index (χ0) is 15.5. The van der Waals surface area contributed by atoms with Gasteiger partial charge in [-0.3, -0.25) is 0 Å². The van der Waals surface area contributed by atoms with E-state index in [0.29, 0.717) is 18.2 Å². The first-order valence-corrected chi connectivity index (χ1v) is 5.15. The third-order valence-corrected chi connectivity index (χ3v) is 2.26. The first-order valence-electron chi connectivity index (χ1n) is 5.15. The van der Waals surface area contributed by atoms with Gasteiger partial charge in [0.25, 0.3) is 0 Å². The molecular formula is C11H10F4O5. The van der Waals surface area contributed by atoms with E-state index >= 15 is 0 Å². The van der Waals surface area contributed by atoms with Gasteiger partial charge in [0.1, 0.15) is 17.7 Å². The third-order valence-electron chi connectivity index (χ3n) is 2.26. The Morgan fingerprint density at radius 1 is 1.30 bits per heavy atom. The van der Waals surface area contributed by atoms with E-state index < -0.39 is 41.7 Å². The van der Waals surface area contributed by atoms with Gasteiger partial charge in [-0.2, -0.15) is 0 Å². The predicted molar refractivity (Wildman–Crippen MR) is 56.1 cm³/mol. The fraction of sp³-hybridized carbons (Fsp3) is 0.364. The Hall–Kier alpha value is -1.87. The predicted octanol–water partition coefficient (Wildman–Crippen LogP) is 1.29. The number of esters is 1. The van der Waals surface area contributed by atoms with Crippen molar-refractivity contribution in [3.05, 3.63) is 29.6 Å². The topological polar surface area (TPSA) is 76.0 Å². The van der Waals surface area contributed by atoms with Crippen LogP contribution >= 0.6 is 0 Å². The average molecular weight is 298 g/mol. The third kappa shape index (κ3) is 4.07. The molecule has 0 saturated heterocycles. The van der Waals surface area contributed by atoms with E-state index in [4.69, 9.17) is 0 Å². The number of methoxy groups -OCH3 is 1. The highest BCUT2D eigenvalue weighted by atomic mass is 19.4. The fourth-order valence-electron chi connectivity index (χ4n) is 1.37. The second-order valence-electron chi connectivity index (χ2n) is 3.64. The molecule has 1 rings (SSSR count). The molecule has 0 aliphatic carbocycles. The quantitative estimate of drug-likeness (QED) is 0.647. The summed E-state index contributed by atoms with van der Waals surface area (Å²) in [6.07, 6.45) is -9.24. The molecule has 5 nitrogen and oxygen atoms in total. The lowest BCUT2D eigenvalue weighted by Gasteiger charge is -2.18. The van der Waals surface area contributed by atoms with Crippen molar-refractivity contribution in [2.24, 2.45) is 0 Å². The highest BCUT2D eigenvalue weighted by molar-refractivity contribution is 5.75. The van der Waals surface area contributed by atoms with E-state index in [-0.39, 0.29) is 0 Å². The van der Waals surface area contributed by atoms with E-state index in [1.807, 2.05) is 0 Å². The molecule has 2 atom stereocenters. The minimum atomic E-state index is -5.00. The number of benzene rings is 1. The Labute approximate surface area is 110 Å². The number of hydrogen-bond donors (Lipinski definition) is 2. The zero-order valence-corrected chi connectivity index (χ0v) is 10.0. The van der Waals surface area contributed by atoms with Gasteiger partial charge < -0.3 is 19.7 Å². The molecule has 0 saturated carbocycles. The van der Waals surface area contributed by atoms with Crippen LogP contribution in [0.2, 0.25) is 0 Å². The van der Waals surface area contributed by atoms with Crippen LogP contribution < -0.4 is 4.74 Å². The summed E-state index contributed by atoms with van der Waals surface area (Å²) in [5.74, 6) is -3.18. The van der Waals surface area contributed by atoms with Crippen LogP contribution in [0.5, 0.6) is 5.75 Å². The first-order chi connectivity index (χ1) is 9.15. The lowest BCUT2D eigenvalue weighted by atomic mass is 10.0. The fourth-order valence-corrected chi connectivity index (χ4v) is 1.37. The number of ether oxygens (including phenoxy) is 2. The highest BCUT2D eigenvalue weighted by Gasteiger charge is 2.33. The van der Waals surface area contributed by atoms with Gasteiger partial charge in [0.05, 0.1) is 7.11 Å². The Bertz CT molecular complexity index is 488. The van der Waals surface area contributed by atoms with Gasteiger partial charge in [0.2, 0.25) is 0 Å². The summed E-state index contributed by atoms with van der Waals surface area (Å²) >= 11 is 0. The summed E-state index contributed by atoms with van der Waals surface area (Å²) in [6.45, 7) is 0. The number of alkyl halides is 3. The average Bonchev–Trinajstić information content (AvgIpc) is 2.36. The van der Waals surface area contributed by atoms with E-state index in [1.165, 1.54) is 0 Å². The van der Waals surface area contributed by atoms with Crippen molar-refractivity contribution in [2.75, 3.05) is 7.11 Å². The van der Waals surface area contributed by atoms with Crippen LogP contribution in [-0.2, 0) is 9.53 Å². The van der Waals surface area contributed by atoms with Crippen LogP contribution in [-0.4, -0.2) is 35.8 Å². The standard InChI is InChI=1S/C11H10F4O5/c1-19-10(18)9(17)8(16)6-4-5(2-3-7(6)12)20-11(13,14)15/h2-4,8-9,16-17H,1H3. The van der Waals surface area contributed by atoms with E-state index in [1.54, 1.807) is 0 Å². The number of aliphatic hydroxyl groups is 2. The summed E-state index contributed by atoms with van der Waals surface area (Å²) in [4.78, 5) is 11.0. The maximum atomic E-state index is 13.4. The number of carbonyl (C=O) groups excluding carboxylic acids is 1. The molecule has 0 heterocycles. The van der Waals surface area contributed by atoms with Crippen molar-refractivity contribution in [3.63, 3.8) is 0 Å². The van der Waals surface area contributed by atoms with Gasteiger partial charge >= 0.3 is 12.3 Å². The van der Waals surface area contributed by atoms with Gasteiger partial charge in [-0.25, -0.2) is 9.18 Å². The summed E-state index contributed by atoms with van der Waals surface area (Å²) in [7, 11) is 0.915. The lowest BCUT2D eigenvalue weighted by Crippen LogP contribution is -2.29. The summed E-state index contributed by atoms with van der Waals surface area (Å²) in [5, 5.41) is 18.9. The number of carbonyl (C=O) groups is 1. The largest absolute Gasteiger partial charge is 0.573 e. The van der Waals surface area contributed by atoms with Crippen LogP contribution in [0.4, 0.5) is 17.6 Å². The number of aliphatic hydroxyl groups excluding tert-OH is 2. The maximum absolute atomic E-state index is 13.4. The van der Waals surface area contributed by atoms with Crippen LogP contribution in [0.25, 0.3) is 0 Å². The number of halogens is 4. The molecule has 0 aromatic heterocycles. The molecule has 9 heteroatoms. The van der Waals surface area contributed by atoms with E-state index in [2.05, 4.69) is 9.47 Å². The Kier molecular flexibility index (Phi) is 4.90. The van der Waals surface area contributed by atoms with Crippen molar-refractivity contribution in [1.29, 1.82) is 0 Å². The summed E-state index contributed by atoms with van der Waals surface area (Å²) in [5.41, 5.74) is -0.732. The van der Waals surface area contributed by atoms with Gasteiger partial charge in [-0.1, -0.05) is 0 Å². The molecule has 0 amide bonds. The minimum Gasteiger partial charge on any atom is -0.467 e. The molecule has 0 radical (unpaired) electrons. The number of hydrogen-bond acceptors (Lipinski definition) is 5. The second kappa shape index (κ2) is 6.06. The first kappa shape index (κ1) is 16.2. The van der Waals surface area contributed by atoms with Crippen molar-refractivity contribution in [3.8, 4) is 5.75 Å². The van der Waals surface area contributed by atoms with Crippen LogP contribution in [0.15, 0.2) is 18.2 Å². The summed E-state index contributed by atoms with van der Waals surface area (Å²) in [6, 6.07) is 1.81. The molecule has 1 aromatic carbocycles. The lowest BCUT2D eigenvalue weighted by molar-refractivity contribution is -0.274. The highest BCUT2D eigenvalue weighted by Crippen LogP contribution is 2.28. The van der Waals surface area contributed by atoms with E-state index in [0.717, 1.165) is 7.11 Å². The Balaban J connectivity index is 3.05. The molecule has 0 bridgehead atoms. The SMILES string of the molecule is COC(=O)C(O)C(O)c1cc(OC(F)(F)F)ccc1F. The van der Waals surface area contributed by atoms with Crippen LogP contribution in [0, 0.1) is 5.82 Å². The monoisotopic (exact) mass is 298 g/mol. The van der Waals surface area contributed by atoms with Gasteiger partial charge in [0.15, 0.2) is 6.10 Å². The van der Waals surface area contributed by atoms with Gasteiger partial charge in [-0.05, 0) is 18.2 Å². The Morgan fingerprint density at radius 2 is 1.90 bits per heavy atom. The molecule has 0 spiro atoms. The second-order valence-corrected chi connectivity index (χ2v) is 3.64. The molecule has 112 valence electrons. The molecular weight excluding hydrogens is 288 g/mol. The van der Waals surface area contributed by atoms with Crippen molar-refractivity contribution >= 4 is 5.97 Å². The molecule has 2 unspecified atom stereocenters. The minimum absolute atomic E-state index is 0.527. The van der Waals surface area contributed by atoms with Crippen molar-refractivity contribution < 1.29 is 42.0 Å². The van der Waals surface area contributed by atoms with Crippen molar-refractivity contribution in [1.82, 2.24) is 0 Å².